The Balaban J connectivity index is 2.04. The van der Waals surface area contributed by atoms with Gasteiger partial charge < -0.3 is 25.3 Å². The molecule has 2 rings (SSSR count). The van der Waals surface area contributed by atoms with E-state index in [1.165, 1.54) is 0 Å². The van der Waals surface area contributed by atoms with Crippen LogP contribution in [0.4, 0.5) is 0 Å². The zero-order chi connectivity index (χ0) is 14.8. The summed E-state index contributed by atoms with van der Waals surface area (Å²) in [6, 6.07) is 3.48. The second-order valence-electron chi connectivity index (χ2n) is 5.60. The molecule has 0 radical (unpaired) electrons. The summed E-state index contributed by atoms with van der Waals surface area (Å²) in [5.74, 6) is 1.62. The fourth-order valence-electron chi connectivity index (χ4n) is 1.86. The minimum Gasteiger partial charge on any atom is -0.483 e. The Kier molecular flexibility index (Phi) is 4.04. The molecule has 0 aromatic heterocycles. The van der Waals surface area contributed by atoms with Crippen molar-refractivity contribution in [2.45, 2.75) is 32.9 Å². The molecule has 0 saturated heterocycles. The van der Waals surface area contributed by atoms with Crippen LogP contribution in [0.3, 0.4) is 0 Å². The SMILES string of the molecule is CC(C)(C)NC(=O)COc1cc2c(cc1CN)OCO2. The summed E-state index contributed by atoms with van der Waals surface area (Å²) in [5.41, 5.74) is 6.17. The first kappa shape index (κ1) is 14.5. The normalized spacial score (nSPS) is 13.2. The van der Waals surface area contributed by atoms with Crippen molar-refractivity contribution in [3.8, 4) is 17.2 Å². The van der Waals surface area contributed by atoms with Gasteiger partial charge in [0.05, 0.1) is 0 Å². The number of hydrogen-bond acceptors (Lipinski definition) is 5. The molecule has 6 nitrogen and oxygen atoms in total. The highest BCUT2D eigenvalue weighted by atomic mass is 16.7. The molecule has 110 valence electrons. The van der Waals surface area contributed by atoms with E-state index < -0.39 is 0 Å². The topological polar surface area (TPSA) is 82.8 Å². The van der Waals surface area contributed by atoms with E-state index in [-0.39, 0.29) is 24.8 Å². The standard InChI is InChI=1S/C14H20N2O4/c1-14(2,3)16-13(17)7-18-10-5-12-11(19-8-20-12)4-9(10)6-15/h4-5H,6-8,15H2,1-3H3,(H,16,17). The lowest BCUT2D eigenvalue weighted by Gasteiger charge is -2.20. The number of carbonyl (C=O) groups is 1. The monoisotopic (exact) mass is 280 g/mol. The first-order valence-corrected chi connectivity index (χ1v) is 6.45. The van der Waals surface area contributed by atoms with Gasteiger partial charge in [0.2, 0.25) is 6.79 Å². The zero-order valence-corrected chi connectivity index (χ0v) is 12.0. The van der Waals surface area contributed by atoms with E-state index in [2.05, 4.69) is 5.32 Å². The van der Waals surface area contributed by atoms with Gasteiger partial charge in [0.25, 0.3) is 5.91 Å². The molecular formula is C14H20N2O4. The molecule has 3 N–H and O–H groups in total. The van der Waals surface area contributed by atoms with Gasteiger partial charge in [-0.05, 0) is 26.8 Å². The third-order valence-corrected chi connectivity index (χ3v) is 2.65. The summed E-state index contributed by atoms with van der Waals surface area (Å²) in [4.78, 5) is 11.7. The van der Waals surface area contributed by atoms with Gasteiger partial charge in [-0.3, -0.25) is 4.79 Å². The van der Waals surface area contributed by atoms with Crippen LogP contribution in [0.2, 0.25) is 0 Å². The predicted octanol–water partition coefficient (Wildman–Crippen LogP) is 1.17. The molecule has 0 atom stereocenters. The first-order valence-electron chi connectivity index (χ1n) is 6.45. The summed E-state index contributed by atoms with van der Waals surface area (Å²) < 4.78 is 16.1. The number of nitrogens with two attached hydrogens (primary N) is 1. The van der Waals surface area contributed by atoms with Crippen LogP contribution in [0.5, 0.6) is 17.2 Å². The molecule has 1 aliphatic heterocycles. The molecule has 1 amide bonds. The summed E-state index contributed by atoms with van der Waals surface area (Å²) in [7, 11) is 0. The quantitative estimate of drug-likeness (QED) is 0.865. The molecular weight excluding hydrogens is 260 g/mol. The molecule has 1 aromatic rings. The number of ether oxygens (including phenoxy) is 3. The highest BCUT2D eigenvalue weighted by Gasteiger charge is 2.19. The van der Waals surface area contributed by atoms with Gasteiger partial charge in [0.1, 0.15) is 5.75 Å². The first-order chi connectivity index (χ1) is 9.39. The van der Waals surface area contributed by atoms with Gasteiger partial charge >= 0.3 is 0 Å². The average Bonchev–Trinajstić information content (AvgIpc) is 2.79. The largest absolute Gasteiger partial charge is 0.483 e. The second kappa shape index (κ2) is 5.58. The van der Waals surface area contributed by atoms with Gasteiger partial charge in [-0.2, -0.15) is 0 Å². The van der Waals surface area contributed by atoms with Crippen molar-refractivity contribution in [3.63, 3.8) is 0 Å². The number of carbonyl (C=O) groups excluding carboxylic acids is 1. The van der Waals surface area contributed by atoms with Crippen molar-refractivity contribution < 1.29 is 19.0 Å². The van der Waals surface area contributed by atoms with E-state index in [1.54, 1.807) is 12.1 Å². The van der Waals surface area contributed by atoms with E-state index >= 15 is 0 Å². The van der Waals surface area contributed by atoms with Crippen LogP contribution in [0, 0.1) is 0 Å². The molecule has 0 spiro atoms. The molecule has 1 aliphatic rings. The Hall–Kier alpha value is -1.95. The number of rotatable bonds is 4. The van der Waals surface area contributed by atoms with Crippen molar-refractivity contribution in [2.24, 2.45) is 5.73 Å². The Morgan fingerprint density at radius 1 is 1.35 bits per heavy atom. The van der Waals surface area contributed by atoms with Crippen LogP contribution in [0.1, 0.15) is 26.3 Å². The Labute approximate surface area is 118 Å². The summed E-state index contributed by atoms with van der Waals surface area (Å²) in [5, 5.41) is 2.83. The summed E-state index contributed by atoms with van der Waals surface area (Å²) in [6.07, 6.45) is 0. The molecule has 6 heteroatoms. The minimum atomic E-state index is -0.286. The van der Waals surface area contributed by atoms with Gasteiger partial charge in [-0.15, -0.1) is 0 Å². The fourth-order valence-corrected chi connectivity index (χ4v) is 1.86. The second-order valence-corrected chi connectivity index (χ2v) is 5.60. The number of benzene rings is 1. The Morgan fingerprint density at radius 2 is 2.00 bits per heavy atom. The average molecular weight is 280 g/mol. The smallest absolute Gasteiger partial charge is 0.258 e. The van der Waals surface area contributed by atoms with E-state index in [1.807, 2.05) is 20.8 Å². The van der Waals surface area contributed by atoms with E-state index in [0.717, 1.165) is 5.56 Å². The third kappa shape index (κ3) is 3.54. The minimum absolute atomic E-state index is 0.0656. The summed E-state index contributed by atoms with van der Waals surface area (Å²) in [6.45, 7) is 6.16. The molecule has 0 aliphatic carbocycles. The summed E-state index contributed by atoms with van der Waals surface area (Å²) >= 11 is 0. The van der Waals surface area contributed by atoms with E-state index in [0.29, 0.717) is 23.8 Å². The Morgan fingerprint density at radius 3 is 2.60 bits per heavy atom. The van der Waals surface area contributed by atoms with Crippen LogP contribution in [-0.4, -0.2) is 24.8 Å². The van der Waals surface area contributed by atoms with Gasteiger partial charge in [0, 0.05) is 23.7 Å². The number of nitrogens with one attached hydrogen (secondary N) is 1. The van der Waals surface area contributed by atoms with E-state index in [9.17, 15) is 4.79 Å². The van der Waals surface area contributed by atoms with Gasteiger partial charge in [0.15, 0.2) is 18.1 Å². The van der Waals surface area contributed by atoms with Crippen LogP contribution in [0.25, 0.3) is 0 Å². The maximum atomic E-state index is 11.7. The molecule has 20 heavy (non-hydrogen) atoms. The number of hydrogen-bond donors (Lipinski definition) is 2. The molecule has 0 fully saturated rings. The molecule has 0 bridgehead atoms. The molecule has 1 aromatic carbocycles. The maximum absolute atomic E-state index is 11.7. The van der Waals surface area contributed by atoms with Crippen molar-refractivity contribution in [1.29, 1.82) is 0 Å². The number of fused-ring (bicyclic) bond motifs is 1. The van der Waals surface area contributed by atoms with Crippen molar-refractivity contribution in [3.05, 3.63) is 17.7 Å². The van der Waals surface area contributed by atoms with Gasteiger partial charge in [-0.1, -0.05) is 0 Å². The lowest BCUT2D eigenvalue weighted by molar-refractivity contribution is -0.124. The third-order valence-electron chi connectivity index (χ3n) is 2.65. The van der Waals surface area contributed by atoms with Crippen molar-refractivity contribution in [2.75, 3.05) is 13.4 Å². The van der Waals surface area contributed by atoms with Crippen molar-refractivity contribution in [1.82, 2.24) is 5.32 Å². The predicted molar refractivity (Wildman–Crippen MR) is 73.8 cm³/mol. The lowest BCUT2D eigenvalue weighted by Crippen LogP contribution is -2.43. The highest BCUT2D eigenvalue weighted by Crippen LogP contribution is 2.37. The van der Waals surface area contributed by atoms with Crippen LogP contribution < -0.4 is 25.3 Å². The zero-order valence-electron chi connectivity index (χ0n) is 12.0. The Bertz CT molecular complexity index is 509. The lowest BCUT2D eigenvalue weighted by atomic mass is 10.1. The number of amides is 1. The molecule has 0 saturated carbocycles. The maximum Gasteiger partial charge on any atom is 0.258 e. The molecule has 1 heterocycles. The fraction of sp³-hybridized carbons (Fsp3) is 0.500. The van der Waals surface area contributed by atoms with Crippen LogP contribution in [-0.2, 0) is 11.3 Å². The highest BCUT2D eigenvalue weighted by molar-refractivity contribution is 5.78. The van der Waals surface area contributed by atoms with E-state index in [4.69, 9.17) is 19.9 Å². The van der Waals surface area contributed by atoms with Crippen molar-refractivity contribution >= 4 is 5.91 Å². The van der Waals surface area contributed by atoms with Crippen LogP contribution >= 0.6 is 0 Å². The van der Waals surface area contributed by atoms with Crippen LogP contribution in [0.15, 0.2) is 12.1 Å². The molecule has 0 unspecified atom stereocenters. The van der Waals surface area contributed by atoms with Gasteiger partial charge in [-0.25, -0.2) is 0 Å².